The molecule has 0 bridgehead atoms. The molecule has 1 N–H and O–H groups in total. The molecule has 0 aliphatic carbocycles. The second-order valence-electron chi connectivity index (χ2n) is 3.91. The second kappa shape index (κ2) is 4.28. The average molecular weight is 233 g/mol. The highest BCUT2D eigenvalue weighted by Crippen LogP contribution is 2.20. The van der Waals surface area contributed by atoms with Gasteiger partial charge in [0.1, 0.15) is 0 Å². The molecule has 0 fully saturated rings. The van der Waals surface area contributed by atoms with E-state index in [1.54, 1.807) is 11.3 Å². The van der Waals surface area contributed by atoms with Gasteiger partial charge < -0.3 is 0 Å². The van der Waals surface area contributed by atoms with Gasteiger partial charge in [-0.25, -0.2) is 4.98 Å². The minimum absolute atomic E-state index is 0.0877. The molecule has 0 saturated carbocycles. The lowest BCUT2D eigenvalue weighted by atomic mass is 10.3. The summed E-state index contributed by atoms with van der Waals surface area (Å²) >= 11 is 1.71. The molecule has 2 heterocycles. The first-order chi connectivity index (χ1) is 7.61. The summed E-state index contributed by atoms with van der Waals surface area (Å²) in [5.41, 5.74) is 2.27. The number of terminal acetylenes is 1. The van der Waals surface area contributed by atoms with E-state index in [1.807, 2.05) is 13.8 Å². The number of thiazole rings is 1. The van der Waals surface area contributed by atoms with Crippen LogP contribution in [0.5, 0.6) is 0 Å². The number of nitrogens with zero attached hydrogens (tertiary/aromatic N) is 2. The molecule has 2 aromatic heterocycles. The summed E-state index contributed by atoms with van der Waals surface area (Å²) < 4.78 is 2.14. The Morgan fingerprint density at radius 2 is 2.38 bits per heavy atom. The predicted molar refractivity (Wildman–Crippen MR) is 67.7 cm³/mol. The Balaban J connectivity index is 2.28. The zero-order valence-corrected chi connectivity index (χ0v) is 10.6. The Morgan fingerprint density at radius 3 is 3.06 bits per heavy atom. The maximum atomic E-state index is 5.33. The van der Waals surface area contributed by atoms with Gasteiger partial charge in [0.05, 0.1) is 17.4 Å². The Bertz CT molecular complexity index is 544. The zero-order valence-electron chi connectivity index (χ0n) is 9.74. The number of hydrogen-bond donors (Lipinski definition) is 1. The summed E-state index contributed by atoms with van der Waals surface area (Å²) in [4.78, 5) is 6.86. The third-order valence-corrected chi connectivity index (χ3v) is 3.46. The molecule has 4 heteroatoms. The molecule has 0 aliphatic rings. The van der Waals surface area contributed by atoms with E-state index >= 15 is 0 Å². The Kier molecular flexibility index (Phi) is 2.99. The molecule has 2 rings (SSSR count). The molecule has 84 valence electrons. The van der Waals surface area contributed by atoms with Crippen molar-refractivity contribution in [1.82, 2.24) is 14.7 Å². The predicted octanol–water partition coefficient (Wildman–Crippen LogP) is 2.12. The van der Waals surface area contributed by atoms with Gasteiger partial charge in [0.15, 0.2) is 4.96 Å². The van der Waals surface area contributed by atoms with E-state index in [1.165, 1.54) is 10.6 Å². The lowest BCUT2D eigenvalue weighted by Crippen LogP contribution is -2.24. The fourth-order valence-corrected chi connectivity index (χ4v) is 2.52. The molecule has 0 amide bonds. The van der Waals surface area contributed by atoms with Crippen LogP contribution in [-0.4, -0.2) is 15.4 Å². The molecule has 2 aromatic rings. The minimum atomic E-state index is 0.0877. The Hall–Kier alpha value is -1.31. The number of rotatable bonds is 3. The standard InChI is InChI=1S/C12H15N3S/c1-5-8(2)13-6-11-10(4)14-12-15(11)7-9(3)16-12/h1,7-8,13H,6H2,2-4H3. The smallest absolute Gasteiger partial charge is 0.194 e. The summed E-state index contributed by atoms with van der Waals surface area (Å²) in [6.07, 6.45) is 7.46. The average Bonchev–Trinajstić information content (AvgIpc) is 2.71. The molecular formula is C12H15N3S. The maximum absolute atomic E-state index is 5.33. The topological polar surface area (TPSA) is 29.3 Å². The number of aromatic nitrogens is 2. The van der Waals surface area contributed by atoms with Gasteiger partial charge in [-0.3, -0.25) is 9.72 Å². The summed E-state index contributed by atoms with van der Waals surface area (Å²) in [5, 5.41) is 3.28. The summed E-state index contributed by atoms with van der Waals surface area (Å²) in [5.74, 6) is 2.66. The molecule has 3 nitrogen and oxygen atoms in total. The van der Waals surface area contributed by atoms with E-state index in [0.717, 1.165) is 17.2 Å². The minimum Gasteiger partial charge on any atom is -0.298 e. The molecule has 1 unspecified atom stereocenters. The lowest BCUT2D eigenvalue weighted by Gasteiger charge is -2.07. The zero-order chi connectivity index (χ0) is 11.7. The molecular weight excluding hydrogens is 218 g/mol. The number of hydrogen-bond acceptors (Lipinski definition) is 3. The van der Waals surface area contributed by atoms with Crippen molar-refractivity contribution in [3.8, 4) is 12.3 Å². The van der Waals surface area contributed by atoms with Crippen molar-refractivity contribution >= 4 is 16.3 Å². The summed E-state index contributed by atoms with van der Waals surface area (Å²) in [6, 6.07) is 0.0877. The van der Waals surface area contributed by atoms with Crippen molar-refractivity contribution in [3.63, 3.8) is 0 Å². The molecule has 0 spiro atoms. The van der Waals surface area contributed by atoms with E-state index in [4.69, 9.17) is 6.42 Å². The van der Waals surface area contributed by atoms with Crippen molar-refractivity contribution in [2.45, 2.75) is 33.4 Å². The summed E-state index contributed by atoms with van der Waals surface area (Å²) in [6.45, 7) is 6.86. The Morgan fingerprint density at radius 1 is 1.62 bits per heavy atom. The molecule has 0 radical (unpaired) electrons. The van der Waals surface area contributed by atoms with Gasteiger partial charge in [-0.15, -0.1) is 17.8 Å². The van der Waals surface area contributed by atoms with Crippen LogP contribution in [-0.2, 0) is 6.54 Å². The molecule has 0 saturated heterocycles. The van der Waals surface area contributed by atoms with Crippen molar-refractivity contribution in [1.29, 1.82) is 0 Å². The van der Waals surface area contributed by atoms with E-state index < -0.39 is 0 Å². The van der Waals surface area contributed by atoms with Gasteiger partial charge >= 0.3 is 0 Å². The normalized spacial score (nSPS) is 12.9. The van der Waals surface area contributed by atoms with Crippen LogP contribution < -0.4 is 5.32 Å². The number of aryl methyl sites for hydroxylation is 2. The van der Waals surface area contributed by atoms with Crippen molar-refractivity contribution in [2.24, 2.45) is 0 Å². The highest BCUT2D eigenvalue weighted by molar-refractivity contribution is 7.17. The van der Waals surface area contributed by atoms with Crippen LogP contribution >= 0.6 is 11.3 Å². The summed E-state index contributed by atoms with van der Waals surface area (Å²) in [7, 11) is 0. The fraction of sp³-hybridized carbons (Fsp3) is 0.417. The van der Waals surface area contributed by atoms with Crippen LogP contribution in [0.25, 0.3) is 4.96 Å². The van der Waals surface area contributed by atoms with Crippen LogP contribution in [0.15, 0.2) is 6.20 Å². The number of imidazole rings is 1. The molecule has 1 atom stereocenters. The van der Waals surface area contributed by atoms with Gasteiger partial charge in [0, 0.05) is 17.6 Å². The van der Waals surface area contributed by atoms with Gasteiger partial charge in [0.25, 0.3) is 0 Å². The van der Waals surface area contributed by atoms with Gasteiger partial charge in [-0.1, -0.05) is 5.92 Å². The largest absolute Gasteiger partial charge is 0.298 e. The van der Waals surface area contributed by atoms with Crippen molar-refractivity contribution < 1.29 is 0 Å². The van der Waals surface area contributed by atoms with Gasteiger partial charge in [0.2, 0.25) is 0 Å². The third-order valence-electron chi connectivity index (χ3n) is 2.57. The maximum Gasteiger partial charge on any atom is 0.194 e. The van der Waals surface area contributed by atoms with E-state index in [2.05, 4.69) is 33.7 Å². The number of nitrogens with one attached hydrogen (secondary N) is 1. The molecule has 0 aromatic carbocycles. The van der Waals surface area contributed by atoms with Crippen LogP contribution in [0.2, 0.25) is 0 Å². The monoisotopic (exact) mass is 233 g/mol. The van der Waals surface area contributed by atoms with E-state index in [9.17, 15) is 0 Å². The molecule has 16 heavy (non-hydrogen) atoms. The highest BCUT2D eigenvalue weighted by Gasteiger charge is 2.11. The molecule has 0 aliphatic heterocycles. The van der Waals surface area contributed by atoms with Crippen molar-refractivity contribution in [3.05, 3.63) is 22.5 Å². The first-order valence-electron chi connectivity index (χ1n) is 5.25. The van der Waals surface area contributed by atoms with Gasteiger partial charge in [-0.05, 0) is 20.8 Å². The van der Waals surface area contributed by atoms with Crippen LogP contribution in [0.4, 0.5) is 0 Å². The quantitative estimate of drug-likeness (QED) is 0.823. The Labute approximate surface area is 99.5 Å². The first kappa shape index (κ1) is 11.2. The van der Waals surface area contributed by atoms with Gasteiger partial charge in [-0.2, -0.15) is 0 Å². The van der Waals surface area contributed by atoms with E-state index in [-0.39, 0.29) is 6.04 Å². The fourth-order valence-electron chi connectivity index (χ4n) is 1.63. The van der Waals surface area contributed by atoms with Crippen LogP contribution in [0, 0.1) is 26.2 Å². The van der Waals surface area contributed by atoms with Crippen LogP contribution in [0.1, 0.15) is 23.2 Å². The van der Waals surface area contributed by atoms with Crippen molar-refractivity contribution in [2.75, 3.05) is 0 Å². The van der Waals surface area contributed by atoms with E-state index in [0.29, 0.717) is 0 Å². The lowest BCUT2D eigenvalue weighted by molar-refractivity contribution is 0.632. The number of fused-ring (bicyclic) bond motifs is 1. The second-order valence-corrected chi connectivity index (χ2v) is 5.12. The van der Waals surface area contributed by atoms with Crippen LogP contribution in [0.3, 0.4) is 0 Å². The highest BCUT2D eigenvalue weighted by atomic mass is 32.1. The first-order valence-corrected chi connectivity index (χ1v) is 6.07. The SMILES string of the molecule is C#CC(C)NCc1c(C)nc2sc(C)cn12. The third kappa shape index (κ3) is 1.97.